The minimum atomic E-state index is -0.752. The fourth-order valence-electron chi connectivity index (χ4n) is 3.99. The fourth-order valence-corrected chi connectivity index (χ4v) is 3.99. The van der Waals surface area contributed by atoms with Gasteiger partial charge in [0.05, 0.1) is 19.3 Å². The van der Waals surface area contributed by atoms with E-state index in [-0.39, 0.29) is 6.54 Å². The van der Waals surface area contributed by atoms with E-state index in [1.165, 1.54) is 5.69 Å². The number of pyridine rings is 1. The quantitative estimate of drug-likeness (QED) is 0.857. The number of carbonyl (C=O) groups is 1. The number of methoxy groups -OCH3 is 1. The maximum atomic E-state index is 11.1. The second-order valence-corrected chi connectivity index (χ2v) is 6.82. The molecule has 2 aromatic rings. The van der Waals surface area contributed by atoms with Crippen LogP contribution in [0.3, 0.4) is 0 Å². The van der Waals surface area contributed by atoms with Crippen molar-refractivity contribution >= 4 is 22.6 Å². The highest BCUT2D eigenvalue weighted by atomic mass is 16.5. The Kier molecular flexibility index (Phi) is 5.61. The highest BCUT2D eigenvalue weighted by molar-refractivity contribution is 5.96. The van der Waals surface area contributed by atoms with E-state index in [0.717, 1.165) is 54.7 Å². The molecular formula is C20H27N3O3. The second kappa shape index (κ2) is 7.91. The van der Waals surface area contributed by atoms with Gasteiger partial charge in [-0.3, -0.25) is 14.7 Å². The molecule has 1 aliphatic rings. The first-order valence-electron chi connectivity index (χ1n) is 9.18. The van der Waals surface area contributed by atoms with Crippen molar-refractivity contribution in [2.24, 2.45) is 0 Å². The molecule has 0 atom stereocenters. The van der Waals surface area contributed by atoms with Crippen molar-refractivity contribution < 1.29 is 14.6 Å². The maximum Gasteiger partial charge on any atom is 0.317 e. The van der Waals surface area contributed by atoms with Crippen LogP contribution in [0.5, 0.6) is 5.75 Å². The van der Waals surface area contributed by atoms with E-state index in [2.05, 4.69) is 27.8 Å². The Bertz CT molecular complexity index is 785. The lowest BCUT2D eigenvalue weighted by Gasteiger charge is -2.39. The highest BCUT2D eigenvalue weighted by Gasteiger charge is 2.26. The molecule has 0 bridgehead atoms. The Balaban J connectivity index is 1.83. The molecule has 0 spiro atoms. The van der Waals surface area contributed by atoms with Crippen molar-refractivity contribution in [3.05, 3.63) is 30.0 Å². The number of rotatable bonds is 6. The lowest BCUT2D eigenvalue weighted by Crippen LogP contribution is -2.46. The summed E-state index contributed by atoms with van der Waals surface area (Å²) in [5.41, 5.74) is 3.26. The van der Waals surface area contributed by atoms with Crippen LogP contribution in [0.25, 0.3) is 10.9 Å². The Hall–Kier alpha value is -2.34. The molecule has 1 aromatic carbocycles. The third kappa shape index (κ3) is 3.60. The number of likely N-dealkylation sites (N-methyl/N-ethyl adjacent to an activating group) is 1. The minimum Gasteiger partial charge on any atom is -0.494 e. The highest BCUT2D eigenvalue weighted by Crippen LogP contribution is 2.35. The number of ether oxygens (including phenoxy) is 1. The topological polar surface area (TPSA) is 65.9 Å². The largest absolute Gasteiger partial charge is 0.494 e. The van der Waals surface area contributed by atoms with E-state index >= 15 is 0 Å². The van der Waals surface area contributed by atoms with Gasteiger partial charge in [0.15, 0.2) is 0 Å². The summed E-state index contributed by atoms with van der Waals surface area (Å²) in [7, 11) is 1.67. The predicted molar refractivity (Wildman–Crippen MR) is 103 cm³/mol. The van der Waals surface area contributed by atoms with Gasteiger partial charge in [0, 0.05) is 30.7 Å². The number of anilines is 1. The van der Waals surface area contributed by atoms with E-state index in [1.807, 2.05) is 25.3 Å². The molecule has 0 aliphatic carbocycles. The number of carboxylic acids is 1. The van der Waals surface area contributed by atoms with E-state index in [1.54, 1.807) is 7.11 Å². The number of aliphatic carboxylic acids is 1. The molecule has 0 amide bonds. The molecule has 2 heterocycles. The van der Waals surface area contributed by atoms with E-state index < -0.39 is 5.97 Å². The van der Waals surface area contributed by atoms with Crippen molar-refractivity contribution in [3.63, 3.8) is 0 Å². The average molecular weight is 357 g/mol. The summed E-state index contributed by atoms with van der Waals surface area (Å²) in [6, 6.07) is 6.37. The SMILES string of the molecule is CCN(CC(=O)O)C1CCN(c2c(C)cnc3c(OC)cccc23)CC1. The zero-order valence-corrected chi connectivity index (χ0v) is 15.7. The van der Waals surface area contributed by atoms with E-state index in [0.29, 0.717) is 6.04 Å². The number of aromatic nitrogens is 1. The summed E-state index contributed by atoms with van der Waals surface area (Å²) in [6.45, 7) is 6.84. The Labute approximate surface area is 154 Å². The summed E-state index contributed by atoms with van der Waals surface area (Å²) < 4.78 is 5.47. The van der Waals surface area contributed by atoms with Gasteiger partial charge >= 0.3 is 5.97 Å². The Morgan fingerprint density at radius 3 is 2.73 bits per heavy atom. The summed E-state index contributed by atoms with van der Waals surface area (Å²) in [5, 5.41) is 10.2. The van der Waals surface area contributed by atoms with Gasteiger partial charge in [-0.2, -0.15) is 0 Å². The first kappa shape index (κ1) is 18.5. The molecule has 0 radical (unpaired) electrons. The van der Waals surface area contributed by atoms with Gasteiger partial charge in [0.2, 0.25) is 0 Å². The standard InChI is InChI=1S/C20H27N3O3/c1-4-22(13-18(24)25)15-8-10-23(11-9-15)20-14(2)12-21-19-16(20)6-5-7-17(19)26-3/h5-7,12,15H,4,8-11,13H2,1-3H3,(H,24,25). The molecule has 1 aromatic heterocycles. The van der Waals surface area contributed by atoms with Crippen LogP contribution in [0.2, 0.25) is 0 Å². The summed E-state index contributed by atoms with van der Waals surface area (Å²) in [5.74, 6) is 0.0367. The van der Waals surface area contributed by atoms with Crippen LogP contribution in [-0.4, -0.2) is 60.3 Å². The van der Waals surface area contributed by atoms with Gasteiger partial charge in [-0.05, 0) is 37.9 Å². The molecule has 1 N–H and O–H groups in total. The van der Waals surface area contributed by atoms with Crippen LogP contribution in [0.4, 0.5) is 5.69 Å². The number of hydrogen-bond acceptors (Lipinski definition) is 5. The van der Waals surface area contributed by atoms with Crippen LogP contribution in [0.15, 0.2) is 24.4 Å². The molecule has 0 unspecified atom stereocenters. The van der Waals surface area contributed by atoms with Gasteiger partial charge < -0.3 is 14.7 Å². The number of piperidine rings is 1. The first-order valence-corrected chi connectivity index (χ1v) is 9.18. The average Bonchev–Trinajstić information content (AvgIpc) is 2.65. The molecule has 3 rings (SSSR count). The third-order valence-electron chi connectivity index (χ3n) is 5.28. The van der Waals surface area contributed by atoms with E-state index in [4.69, 9.17) is 9.84 Å². The number of hydrogen-bond donors (Lipinski definition) is 1. The molecule has 6 nitrogen and oxygen atoms in total. The van der Waals surface area contributed by atoms with Crippen LogP contribution >= 0.6 is 0 Å². The Morgan fingerprint density at radius 1 is 1.38 bits per heavy atom. The molecular weight excluding hydrogens is 330 g/mol. The van der Waals surface area contributed by atoms with Crippen molar-refractivity contribution in [2.75, 3.05) is 38.2 Å². The predicted octanol–water partition coefficient (Wildman–Crippen LogP) is 2.93. The number of aryl methyl sites for hydroxylation is 1. The fraction of sp³-hybridized carbons (Fsp3) is 0.500. The monoisotopic (exact) mass is 357 g/mol. The number of nitrogens with zero attached hydrogens (tertiary/aromatic N) is 3. The first-order chi connectivity index (χ1) is 12.5. The van der Waals surface area contributed by atoms with Crippen molar-refractivity contribution in [2.45, 2.75) is 32.7 Å². The number of fused-ring (bicyclic) bond motifs is 1. The zero-order chi connectivity index (χ0) is 18.7. The molecule has 26 heavy (non-hydrogen) atoms. The zero-order valence-electron chi connectivity index (χ0n) is 15.7. The summed E-state index contributed by atoms with van der Waals surface area (Å²) >= 11 is 0. The summed E-state index contributed by atoms with van der Waals surface area (Å²) in [6.07, 6.45) is 3.84. The lowest BCUT2D eigenvalue weighted by atomic mass is 10.00. The molecule has 6 heteroatoms. The van der Waals surface area contributed by atoms with Crippen LogP contribution in [0, 0.1) is 6.92 Å². The van der Waals surface area contributed by atoms with Crippen molar-refractivity contribution in [1.82, 2.24) is 9.88 Å². The smallest absolute Gasteiger partial charge is 0.317 e. The number of benzene rings is 1. The van der Waals surface area contributed by atoms with Gasteiger partial charge in [-0.15, -0.1) is 0 Å². The second-order valence-electron chi connectivity index (χ2n) is 6.82. The van der Waals surface area contributed by atoms with Gasteiger partial charge in [0.1, 0.15) is 11.3 Å². The van der Waals surface area contributed by atoms with E-state index in [9.17, 15) is 4.79 Å². The van der Waals surface area contributed by atoms with Gasteiger partial charge in [0.25, 0.3) is 0 Å². The van der Waals surface area contributed by atoms with Crippen LogP contribution < -0.4 is 9.64 Å². The van der Waals surface area contributed by atoms with Crippen LogP contribution in [-0.2, 0) is 4.79 Å². The lowest BCUT2D eigenvalue weighted by molar-refractivity contribution is -0.139. The van der Waals surface area contributed by atoms with Crippen molar-refractivity contribution in [3.8, 4) is 5.75 Å². The number of carboxylic acid groups (broad SMARTS) is 1. The maximum absolute atomic E-state index is 11.1. The van der Waals surface area contributed by atoms with Gasteiger partial charge in [-0.25, -0.2) is 0 Å². The van der Waals surface area contributed by atoms with Crippen molar-refractivity contribution in [1.29, 1.82) is 0 Å². The number of para-hydroxylation sites is 1. The molecule has 1 fully saturated rings. The summed E-state index contributed by atoms with van der Waals surface area (Å²) in [4.78, 5) is 20.1. The van der Waals surface area contributed by atoms with Gasteiger partial charge in [-0.1, -0.05) is 19.1 Å². The third-order valence-corrected chi connectivity index (χ3v) is 5.28. The molecule has 1 aliphatic heterocycles. The minimum absolute atomic E-state index is 0.121. The molecule has 1 saturated heterocycles. The molecule has 140 valence electrons. The molecule has 0 saturated carbocycles. The normalized spacial score (nSPS) is 15.6. The van der Waals surface area contributed by atoms with Crippen LogP contribution in [0.1, 0.15) is 25.3 Å². The Morgan fingerprint density at radius 2 is 2.12 bits per heavy atom.